The fourth-order valence-electron chi connectivity index (χ4n) is 4.46. The third-order valence-corrected chi connectivity index (χ3v) is 5.90. The molecule has 2 aliphatic heterocycles. The van der Waals surface area contributed by atoms with Crippen LogP contribution in [0.3, 0.4) is 0 Å². The van der Waals surface area contributed by atoms with E-state index in [2.05, 4.69) is 9.31 Å². The molecule has 0 fully saturated rings. The number of amidine groups is 1. The minimum Gasteiger partial charge on any atom is -0.497 e. The Balaban J connectivity index is 1.82. The highest BCUT2D eigenvalue weighted by atomic mass is 19.3. The Kier molecular flexibility index (Phi) is 6.00. The molecule has 31 heavy (non-hydrogen) atoms. The Morgan fingerprint density at radius 1 is 1.00 bits per heavy atom. The number of ether oxygens (including phenoxy) is 3. The highest BCUT2D eigenvalue weighted by molar-refractivity contribution is 5.98. The summed E-state index contributed by atoms with van der Waals surface area (Å²) < 4.78 is 42.8. The van der Waals surface area contributed by atoms with Gasteiger partial charge in [0.15, 0.2) is 18.0 Å². The second-order valence-corrected chi connectivity index (χ2v) is 7.74. The number of benzene rings is 2. The molecule has 0 aliphatic carbocycles. The number of nitrogens with zero attached hydrogens (tertiary/aromatic N) is 2. The van der Waals surface area contributed by atoms with Gasteiger partial charge in [-0.05, 0) is 55.7 Å². The van der Waals surface area contributed by atoms with Gasteiger partial charge in [-0.2, -0.15) is 13.7 Å². The van der Waals surface area contributed by atoms with E-state index in [1.807, 2.05) is 23.1 Å². The molecule has 8 heteroatoms. The summed E-state index contributed by atoms with van der Waals surface area (Å²) in [4.78, 5) is 1.91. The number of anilines is 1. The first-order valence-electron chi connectivity index (χ1n) is 10.4. The van der Waals surface area contributed by atoms with E-state index in [9.17, 15) is 13.9 Å². The first-order chi connectivity index (χ1) is 15.0. The van der Waals surface area contributed by atoms with E-state index >= 15 is 0 Å². The highest BCUT2D eigenvalue weighted by Gasteiger charge is 2.55. The summed E-state index contributed by atoms with van der Waals surface area (Å²) in [5.74, 6) is 2.31. The van der Waals surface area contributed by atoms with Crippen LogP contribution in [0.5, 0.6) is 17.2 Å². The molecule has 166 valence electrons. The van der Waals surface area contributed by atoms with Crippen LogP contribution in [0.15, 0.2) is 42.5 Å². The molecule has 2 aromatic carbocycles. The van der Waals surface area contributed by atoms with Crippen LogP contribution in [0, 0.1) is 0 Å². The third kappa shape index (κ3) is 4.04. The predicted octanol–water partition coefficient (Wildman–Crippen LogP) is 3.96. The largest absolute Gasteiger partial charge is 0.497 e. The van der Waals surface area contributed by atoms with Crippen LogP contribution in [-0.4, -0.2) is 49.4 Å². The van der Waals surface area contributed by atoms with Crippen molar-refractivity contribution in [3.8, 4) is 17.2 Å². The van der Waals surface area contributed by atoms with Crippen molar-refractivity contribution in [3.63, 3.8) is 0 Å². The van der Waals surface area contributed by atoms with Crippen LogP contribution < -0.4 is 19.1 Å². The van der Waals surface area contributed by atoms with Gasteiger partial charge in [0.05, 0.1) is 20.8 Å². The van der Waals surface area contributed by atoms with E-state index in [0.29, 0.717) is 29.3 Å². The van der Waals surface area contributed by atoms with Gasteiger partial charge in [-0.1, -0.05) is 0 Å². The summed E-state index contributed by atoms with van der Waals surface area (Å²) in [6.07, 6.45) is 4.01. The lowest BCUT2D eigenvalue weighted by Gasteiger charge is -2.30. The normalized spacial score (nSPS) is 21.2. The molecule has 2 aliphatic rings. The highest BCUT2D eigenvalue weighted by Crippen LogP contribution is 2.43. The molecule has 0 unspecified atom stereocenters. The van der Waals surface area contributed by atoms with Crippen molar-refractivity contribution in [3.05, 3.63) is 48.0 Å². The zero-order valence-corrected chi connectivity index (χ0v) is 17.7. The summed E-state index contributed by atoms with van der Waals surface area (Å²) in [7, 11) is 3.18. The summed E-state index contributed by atoms with van der Waals surface area (Å²) >= 11 is 0. The lowest BCUT2D eigenvalue weighted by Crippen LogP contribution is -2.47. The Bertz CT molecular complexity index is 965. The van der Waals surface area contributed by atoms with Gasteiger partial charge in [0.25, 0.3) is 11.6 Å². The molecule has 1 atom stereocenters. The molecule has 0 saturated heterocycles. The topological polar surface area (TPSA) is 54.2 Å². The maximum absolute atomic E-state index is 12.6. The molecule has 0 spiro atoms. The van der Waals surface area contributed by atoms with E-state index in [0.717, 1.165) is 38.1 Å². The average Bonchev–Trinajstić information content (AvgIpc) is 2.88. The summed E-state index contributed by atoms with van der Waals surface area (Å²) in [5.41, 5.74) is -0.133. The van der Waals surface area contributed by atoms with Gasteiger partial charge in [0.2, 0.25) is 0 Å². The van der Waals surface area contributed by atoms with E-state index < -0.39 is 12.3 Å². The fourth-order valence-corrected chi connectivity index (χ4v) is 4.46. The molecule has 0 aromatic heterocycles. The minimum absolute atomic E-state index is 0.0491. The quantitative estimate of drug-likeness (QED) is 0.699. The van der Waals surface area contributed by atoms with Crippen LogP contribution in [0.25, 0.3) is 0 Å². The van der Waals surface area contributed by atoms with Crippen molar-refractivity contribution < 1.29 is 32.7 Å². The Labute approximate surface area is 180 Å². The Morgan fingerprint density at radius 3 is 2.42 bits per heavy atom. The zero-order chi connectivity index (χ0) is 22.0. The number of hydrogen-bond donors (Lipinski definition) is 1. The second kappa shape index (κ2) is 8.70. The number of hydrogen-bond acceptors (Lipinski definition) is 5. The van der Waals surface area contributed by atoms with Crippen molar-refractivity contribution in [2.24, 2.45) is 0 Å². The molecule has 0 amide bonds. The van der Waals surface area contributed by atoms with Crippen molar-refractivity contribution >= 4 is 11.5 Å². The monoisotopic (exact) mass is 433 g/mol. The first kappa shape index (κ1) is 21.4. The average molecular weight is 433 g/mol. The van der Waals surface area contributed by atoms with E-state index in [1.165, 1.54) is 12.1 Å². The van der Waals surface area contributed by atoms with Crippen molar-refractivity contribution in [1.29, 1.82) is 0 Å². The molecule has 4 rings (SSSR count). The molecule has 0 saturated carbocycles. The van der Waals surface area contributed by atoms with Crippen molar-refractivity contribution in [1.82, 2.24) is 0 Å². The molecular formula is C23H27F2N2O4+. The minimum atomic E-state index is -2.90. The van der Waals surface area contributed by atoms with Crippen LogP contribution in [-0.2, 0) is 5.72 Å². The Morgan fingerprint density at radius 2 is 1.74 bits per heavy atom. The van der Waals surface area contributed by atoms with Gasteiger partial charge in [-0.15, -0.1) is 0 Å². The van der Waals surface area contributed by atoms with Gasteiger partial charge in [-0.3, -0.25) is 4.58 Å². The number of methoxy groups -OCH3 is 2. The predicted molar refractivity (Wildman–Crippen MR) is 112 cm³/mol. The summed E-state index contributed by atoms with van der Waals surface area (Å²) in [5, 5.41) is 12.0. The van der Waals surface area contributed by atoms with Crippen molar-refractivity contribution in [2.45, 2.75) is 38.0 Å². The molecule has 2 aromatic rings. The van der Waals surface area contributed by atoms with Gasteiger partial charge >= 0.3 is 6.61 Å². The molecular weight excluding hydrogens is 406 g/mol. The lowest BCUT2D eigenvalue weighted by molar-refractivity contribution is -0.534. The Hall–Kier alpha value is -2.87. The molecule has 0 bridgehead atoms. The fraction of sp³-hybridized carbons (Fsp3) is 0.435. The lowest BCUT2D eigenvalue weighted by atomic mass is 9.99. The van der Waals surface area contributed by atoms with Crippen LogP contribution in [0.1, 0.15) is 31.2 Å². The van der Waals surface area contributed by atoms with E-state index in [-0.39, 0.29) is 5.75 Å². The first-order valence-corrected chi connectivity index (χ1v) is 10.4. The third-order valence-electron chi connectivity index (χ3n) is 5.90. The number of alkyl halides is 2. The van der Waals surface area contributed by atoms with Crippen LogP contribution >= 0.6 is 0 Å². The van der Waals surface area contributed by atoms with Gasteiger partial charge in [0, 0.05) is 18.1 Å². The van der Waals surface area contributed by atoms with Gasteiger partial charge in [-0.25, -0.2) is 0 Å². The number of rotatable bonds is 6. The standard InChI is InChI=1S/C23H27F2N2O4/c1-29-18-11-12-20(30-2)19(14-18)27-21-6-4-3-5-13-26(21)15-23(27,28)16-7-9-17(10-8-16)31-22(24)25/h7-12,14,22,28H,3-6,13,15H2,1-2H3/q+1/t23-/m0/s1. The SMILES string of the molecule is COc1ccc(OC)c(N2C3=[N+](CCCCC3)C[C@]2(O)c2ccc(OC(F)F)cc2)c1. The summed E-state index contributed by atoms with van der Waals surface area (Å²) in [6.45, 7) is -1.70. The summed E-state index contributed by atoms with van der Waals surface area (Å²) in [6, 6.07) is 11.6. The van der Waals surface area contributed by atoms with Crippen LogP contribution in [0.2, 0.25) is 0 Å². The van der Waals surface area contributed by atoms with E-state index in [4.69, 9.17) is 9.47 Å². The number of aliphatic hydroxyl groups is 1. The maximum Gasteiger partial charge on any atom is 0.387 e. The molecule has 6 nitrogen and oxygen atoms in total. The molecule has 2 heterocycles. The number of halogens is 2. The molecule has 0 radical (unpaired) electrons. The van der Waals surface area contributed by atoms with Gasteiger partial charge in [0.1, 0.15) is 11.5 Å². The second-order valence-electron chi connectivity index (χ2n) is 7.74. The smallest absolute Gasteiger partial charge is 0.387 e. The van der Waals surface area contributed by atoms with Crippen LogP contribution in [0.4, 0.5) is 14.5 Å². The molecule has 1 N–H and O–H groups in total. The van der Waals surface area contributed by atoms with Gasteiger partial charge < -0.3 is 19.3 Å². The van der Waals surface area contributed by atoms with E-state index in [1.54, 1.807) is 26.4 Å². The van der Waals surface area contributed by atoms with Crippen molar-refractivity contribution in [2.75, 3.05) is 32.2 Å². The maximum atomic E-state index is 12.6. The zero-order valence-electron chi connectivity index (χ0n) is 17.7.